The van der Waals surface area contributed by atoms with Crippen molar-refractivity contribution in [3.8, 4) is 0 Å². The van der Waals surface area contributed by atoms with Crippen LogP contribution in [0.25, 0.3) is 0 Å². The number of carbonyl (C=O) groups excluding carboxylic acids is 2. The number of aliphatic carboxylic acids is 1. The van der Waals surface area contributed by atoms with Gasteiger partial charge in [-0.1, -0.05) is 57.9 Å². The average molecular weight is 375 g/mol. The Kier molecular flexibility index (Phi) is 5.14. The lowest BCUT2D eigenvalue weighted by Crippen LogP contribution is -2.22. The molecule has 0 saturated heterocycles. The van der Waals surface area contributed by atoms with Gasteiger partial charge >= 0.3 is 12.1 Å². The molecule has 1 saturated carbocycles. The van der Waals surface area contributed by atoms with Gasteiger partial charge in [-0.15, -0.1) is 0 Å². The summed E-state index contributed by atoms with van der Waals surface area (Å²) >= 11 is 3.42. The molecule has 118 valence electrons. The lowest BCUT2D eigenvalue weighted by molar-refractivity contribution is -0.191. The van der Waals surface area contributed by atoms with E-state index in [1.807, 2.05) is 55.5 Å². The van der Waals surface area contributed by atoms with Gasteiger partial charge < -0.3 is 5.11 Å². The molecule has 0 aliphatic heterocycles. The minimum atomic E-state index is -0.765. The van der Waals surface area contributed by atoms with E-state index in [1.54, 1.807) is 0 Å². The van der Waals surface area contributed by atoms with Gasteiger partial charge in [0.15, 0.2) is 0 Å². The van der Waals surface area contributed by atoms with E-state index in [0.29, 0.717) is 6.42 Å². The van der Waals surface area contributed by atoms with Crippen LogP contribution in [0, 0.1) is 6.92 Å². The number of hydrogen-bond donors (Lipinski definition) is 1. The van der Waals surface area contributed by atoms with Crippen LogP contribution in [-0.4, -0.2) is 17.2 Å². The first kappa shape index (κ1) is 17.1. The van der Waals surface area contributed by atoms with Crippen molar-refractivity contribution >= 4 is 28.1 Å². The standard InChI is InChI=1S/C17H15BrO2.CO2/c1-11-5-7-12(8-6-11)15-10-17(15,16(19)20)13-3-2-4-14(18)9-13;2-1-3/h2-9,15H,10H2,1H3,(H,19,20);/t15-,17+;/m1./s1. The largest absolute Gasteiger partial charge is 0.481 e. The van der Waals surface area contributed by atoms with Crippen LogP contribution in [0.2, 0.25) is 0 Å². The fourth-order valence-electron chi connectivity index (χ4n) is 2.91. The first-order chi connectivity index (χ1) is 11.0. The first-order valence-electron chi connectivity index (χ1n) is 7.01. The van der Waals surface area contributed by atoms with Crippen LogP contribution in [0.1, 0.15) is 29.0 Å². The van der Waals surface area contributed by atoms with Crippen LogP contribution >= 0.6 is 15.9 Å². The minimum absolute atomic E-state index is 0.0647. The molecule has 3 rings (SSSR count). The monoisotopic (exact) mass is 374 g/mol. The van der Waals surface area contributed by atoms with Crippen molar-refractivity contribution in [2.24, 2.45) is 0 Å². The molecule has 1 aliphatic rings. The number of carbonyl (C=O) groups is 1. The molecule has 1 aliphatic carbocycles. The normalized spacial score (nSPS) is 21.6. The molecule has 4 nitrogen and oxygen atoms in total. The summed E-state index contributed by atoms with van der Waals surface area (Å²) in [5.74, 6) is -0.670. The third-order valence-corrected chi connectivity index (χ3v) is 4.66. The summed E-state index contributed by atoms with van der Waals surface area (Å²) in [7, 11) is 0. The van der Waals surface area contributed by atoms with E-state index in [9.17, 15) is 9.90 Å². The van der Waals surface area contributed by atoms with Crippen LogP contribution in [0.3, 0.4) is 0 Å². The summed E-state index contributed by atoms with van der Waals surface area (Å²) in [5, 5.41) is 9.72. The molecule has 1 fully saturated rings. The minimum Gasteiger partial charge on any atom is -0.481 e. The topological polar surface area (TPSA) is 71.4 Å². The predicted octanol–water partition coefficient (Wildman–Crippen LogP) is 3.68. The van der Waals surface area contributed by atoms with Gasteiger partial charge in [0.25, 0.3) is 0 Å². The van der Waals surface area contributed by atoms with Gasteiger partial charge in [-0.2, -0.15) is 9.59 Å². The van der Waals surface area contributed by atoms with Crippen LogP contribution in [0.5, 0.6) is 0 Å². The van der Waals surface area contributed by atoms with E-state index in [4.69, 9.17) is 9.59 Å². The summed E-state index contributed by atoms with van der Waals surface area (Å²) in [6.45, 7) is 2.04. The number of benzene rings is 2. The predicted molar refractivity (Wildman–Crippen MR) is 87.0 cm³/mol. The van der Waals surface area contributed by atoms with E-state index in [-0.39, 0.29) is 12.1 Å². The molecule has 0 bridgehead atoms. The second kappa shape index (κ2) is 6.90. The van der Waals surface area contributed by atoms with E-state index in [2.05, 4.69) is 15.9 Å². The summed E-state index contributed by atoms with van der Waals surface area (Å²) in [5.41, 5.74) is 2.42. The van der Waals surface area contributed by atoms with Crippen molar-refractivity contribution in [2.75, 3.05) is 0 Å². The molecule has 0 spiro atoms. The molecule has 23 heavy (non-hydrogen) atoms. The zero-order valence-electron chi connectivity index (χ0n) is 12.5. The van der Waals surface area contributed by atoms with Crippen LogP contribution < -0.4 is 0 Å². The molecule has 2 aromatic carbocycles. The van der Waals surface area contributed by atoms with Crippen molar-refractivity contribution in [3.05, 3.63) is 69.7 Å². The lowest BCUT2D eigenvalue weighted by Gasteiger charge is -2.14. The fraction of sp³-hybridized carbons (Fsp3) is 0.222. The highest BCUT2D eigenvalue weighted by atomic mass is 79.9. The van der Waals surface area contributed by atoms with Gasteiger partial charge in [-0.25, -0.2) is 0 Å². The quantitative estimate of drug-likeness (QED) is 0.889. The Balaban J connectivity index is 0.000000595. The molecule has 0 amide bonds. The highest BCUT2D eigenvalue weighted by molar-refractivity contribution is 9.10. The smallest absolute Gasteiger partial charge is 0.373 e. The van der Waals surface area contributed by atoms with Crippen molar-refractivity contribution in [1.29, 1.82) is 0 Å². The van der Waals surface area contributed by atoms with Gasteiger partial charge in [-0.3, -0.25) is 4.79 Å². The average Bonchev–Trinajstić information content (AvgIpc) is 3.26. The molecule has 0 aromatic heterocycles. The van der Waals surface area contributed by atoms with Crippen molar-refractivity contribution in [3.63, 3.8) is 0 Å². The Morgan fingerprint density at radius 1 is 1.22 bits per heavy atom. The SMILES string of the molecule is Cc1ccc([C@H]2C[C@]2(C(=O)O)c2cccc(Br)c2)cc1.O=C=O. The van der Waals surface area contributed by atoms with Gasteiger partial charge in [0.2, 0.25) is 0 Å². The van der Waals surface area contributed by atoms with Crippen LogP contribution in [0.4, 0.5) is 0 Å². The van der Waals surface area contributed by atoms with E-state index >= 15 is 0 Å². The van der Waals surface area contributed by atoms with Crippen molar-refractivity contribution in [2.45, 2.75) is 24.7 Å². The zero-order valence-corrected chi connectivity index (χ0v) is 14.0. The number of carboxylic acids is 1. The highest BCUT2D eigenvalue weighted by Gasteiger charge is 2.62. The van der Waals surface area contributed by atoms with Gasteiger partial charge in [0.1, 0.15) is 5.41 Å². The zero-order chi connectivity index (χ0) is 17.0. The Morgan fingerprint density at radius 3 is 2.35 bits per heavy atom. The second-order valence-corrected chi connectivity index (χ2v) is 6.45. The van der Waals surface area contributed by atoms with Crippen molar-refractivity contribution in [1.82, 2.24) is 0 Å². The highest BCUT2D eigenvalue weighted by Crippen LogP contribution is 2.60. The number of hydrogen-bond acceptors (Lipinski definition) is 3. The molecule has 2 atom stereocenters. The van der Waals surface area contributed by atoms with E-state index in [1.165, 1.54) is 5.56 Å². The maximum absolute atomic E-state index is 11.8. The molecular weight excluding hydrogens is 360 g/mol. The van der Waals surface area contributed by atoms with Gasteiger partial charge in [0.05, 0.1) is 0 Å². The van der Waals surface area contributed by atoms with Gasteiger partial charge in [0, 0.05) is 10.4 Å². The van der Waals surface area contributed by atoms with E-state index < -0.39 is 11.4 Å². The molecule has 5 heteroatoms. The maximum Gasteiger partial charge on any atom is 0.373 e. The second-order valence-electron chi connectivity index (χ2n) is 5.54. The Morgan fingerprint density at radius 2 is 1.83 bits per heavy atom. The number of halogens is 1. The third kappa shape index (κ3) is 3.41. The maximum atomic E-state index is 11.8. The number of rotatable bonds is 3. The van der Waals surface area contributed by atoms with Crippen molar-refractivity contribution < 1.29 is 19.5 Å². The molecule has 1 N–H and O–H groups in total. The van der Waals surface area contributed by atoms with Gasteiger partial charge in [-0.05, 0) is 36.6 Å². The summed E-state index contributed by atoms with van der Waals surface area (Å²) < 4.78 is 0.921. The van der Waals surface area contributed by atoms with E-state index in [0.717, 1.165) is 15.6 Å². The molecule has 0 heterocycles. The fourth-order valence-corrected chi connectivity index (χ4v) is 3.31. The third-order valence-electron chi connectivity index (χ3n) is 4.16. The molecule has 0 radical (unpaired) electrons. The lowest BCUT2D eigenvalue weighted by atomic mass is 9.90. The first-order valence-corrected chi connectivity index (χ1v) is 7.80. The summed E-state index contributed by atoms with van der Waals surface area (Å²) in [6.07, 6.45) is 0.918. The Labute approximate surface area is 142 Å². The van der Waals surface area contributed by atoms with Crippen LogP contribution in [0.15, 0.2) is 53.0 Å². The molecule has 0 unspecified atom stereocenters. The Hall–Kier alpha value is -2.23. The summed E-state index contributed by atoms with van der Waals surface area (Å²) in [4.78, 5) is 28.1. The summed E-state index contributed by atoms with van der Waals surface area (Å²) in [6, 6.07) is 15.8. The van der Waals surface area contributed by atoms with Crippen LogP contribution in [-0.2, 0) is 19.8 Å². The molecule has 2 aromatic rings. The molecular formula is C18H15BrO4. The Bertz CT molecular complexity index is 748. The number of carboxylic acid groups (broad SMARTS) is 1. The number of aryl methyl sites for hydroxylation is 1.